The summed E-state index contributed by atoms with van der Waals surface area (Å²) in [5.41, 5.74) is 0. The van der Waals surface area contributed by atoms with Gasteiger partial charge in [0.05, 0.1) is 0 Å². The number of piperidine rings is 1. The van der Waals surface area contributed by atoms with Crippen molar-refractivity contribution < 1.29 is 0 Å². The zero-order valence-electron chi connectivity index (χ0n) is 10.3. The molecule has 2 aliphatic heterocycles. The van der Waals surface area contributed by atoms with Gasteiger partial charge in [-0.1, -0.05) is 6.92 Å². The number of aliphatic imine (C=N–C) groups is 1. The van der Waals surface area contributed by atoms with Crippen molar-refractivity contribution in [3.05, 3.63) is 0 Å². The number of hydrogen-bond acceptors (Lipinski definition) is 4. The summed E-state index contributed by atoms with van der Waals surface area (Å²) in [6, 6.07) is 0. The van der Waals surface area contributed by atoms with E-state index in [0.717, 1.165) is 37.9 Å². The van der Waals surface area contributed by atoms with Crippen molar-refractivity contribution in [1.82, 2.24) is 15.5 Å². The predicted molar refractivity (Wildman–Crippen MR) is 67.8 cm³/mol. The summed E-state index contributed by atoms with van der Waals surface area (Å²) in [6.45, 7) is 9.09. The molecule has 0 spiro atoms. The number of nitrogens with zero attached hydrogens (tertiary/aromatic N) is 2. The van der Waals surface area contributed by atoms with Crippen molar-refractivity contribution in [2.45, 2.75) is 26.2 Å². The number of likely N-dealkylation sites (tertiary alicyclic amines) is 1. The zero-order valence-corrected chi connectivity index (χ0v) is 10.3. The van der Waals surface area contributed by atoms with Crippen LogP contribution in [-0.4, -0.2) is 50.1 Å². The minimum atomic E-state index is 0.792. The quantitative estimate of drug-likeness (QED) is 0.740. The molecule has 4 heteroatoms. The number of guanidine groups is 1. The van der Waals surface area contributed by atoms with E-state index in [1.54, 1.807) is 0 Å². The van der Waals surface area contributed by atoms with Gasteiger partial charge < -0.3 is 15.5 Å². The lowest BCUT2D eigenvalue weighted by molar-refractivity contribution is 0.183. The molecule has 0 saturated carbocycles. The van der Waals surface area contributed by atoms with Crippen LogP contribution in [0, 0.1) is 5.92 Å². The molecule has 1 atom stereocenters. The molecule has 0 bridgehead atoms. The lowest BCUT2D eigenvalue weighted by atomic mass is 9.98. The second kappa shape index (κ2) is 6.09. The van der Waals surface area contributed by atoms with Crippen LogP contribution in [0.4, 0.5) is 0 Å². The van der Waals surface area contributed by atoms with Gasteiger partial charge in [0.1, 0.15) is 0 Å². The smallest absolute Gasteiger partial charge is 0.191 e. The number of nitrogens with one attached hydrogen (secondary N) is 2. The number of rotatable bonds is 3. The third-order valence-electron chi connectivity index (χ3n) is 3.51. The second-order valence-corrected chi connectivity index (χ2v) is 4.79. The van der Waals surface area contributed by atoms with Crippen LogP contribution in [0.2, 0.25) is 0 Å². The van der Waals surface area contributed by atoms with Crippen LogP contribution in [0.5, 0.6) is 0 Å². The van der Waals surface area contributed by atoms with Crippen LogP contribution in [0.3, 0.4) is 0 Å². The molecule has 16 heavy (non-hydrogen) atoms. The maximum atomic E-state index is 4.43. The molecule has 0 radical (unpaired) electrons. The third kappa shape index (κ3) is 3.37. The minimum Gasteiger partial charge on any atom is -0.356 e. The first-order chi connectivity index (χ1) is 7.88. The molecule has 1 saturated heterocycles. The van der Waals surface area contributed by atoms with Gasteiger partial charge >= 0.3 is 0 Å². The maximum absolute atomic E-state index is 4.43. The average molecular weight is 224 g/mol. The summed E-state index contributed by atoms with van der Waals surface area (Å²) in [5.74, 6) is 1.81. The predicted octanol–water partition coefficient (Wildman–Crippen LogP) is 0.657. The fraction of sp³-hybridized carbons (Fsp3) is 0.917. The Bertz CT molecular complexity index is 239. The Morgan fingerprint density at radius 2 is 2.44 bits per heavy atom. The van der Waals surface area contributed by atoms with Crippen molar-refractivity contribution in [2.24, 2.45) is 10.9 Å². The first-order valence-corrected chi connectivity index (χ1v) is 6.63. The zero-order chi connectivity index (χ0) is 11.2. The molecule has 2 aliphatic rings. The monoisotopic (exact) mass is 224 g/mol. The first-order valence-electron chi connectivity index (χ1n) is 6.63. The van der Waals surface area contributed by atoms with Crippen LogP contribution in [0.25, 0.3) is 0 Å². The lowest BCUT2D eigenvalue weighted by Gasteiger charge is -2.32. The SMILES string of the molecule is CCN1CCCC(CNC2=NCCCN2)C1. The molecule has 92 valence electrons. The summed E-state index contributed by atoms with van der Waals surface area (Å²) in [5, 5.41) is 6.76. The molecule has 0 aromatic heterocycles. The second-order valence-electron chi connectivity index (χ2n) is 4.79. The van der Waals surface area contributed by atoms with Crippen molar-refractivity contribution in [1.29, 1.82) is 0 Å². The van der Waals surface area contributed by atoms with E-state index in [9.17, 15) is 0 Å². The molecule has 1 fully saturated rings. The van der Waals surface area contributed by atoms with E-state index in [0.29, 0.717) is 0 Å². The Morgan fingerprint density at radius 3 is 3.19 bits per heavy atom. The van der Waals surface area contributed by atoms with E-state index < -0.39 is 0 Å². The van der Waals surface area contributed by atoms with Gasteiger partial charge in [0.15, 0.2) is 5.96 Å². The Balaban J connectivity index is 1.70. The van der Waals surface area contributed by atoms with Crippen LogP contribution >= 0.6 is 0 Å². The van der Waals surface area contributed by atoms with Gasteiger partial charge in [-0.05, 0) is 38.3 Å². The molecule has 2 rings (SSSR count). The highest BCUT2D eigenvalue weighted by Crippen LogP contribution is 2.15. The largest absolute Gasteiger partial charge is 0.356 e. The van der Waals surface area contributed by atoms with Gasteiger partial charge in [-0.2, -0.15) is 0 Å². The van der Waals surface area contributed by atoms with Gasteiger partial charge in [-0.15, -0.1) is 0 Å². The van der Waals surface area contributed by atoms with Crippen LogP contribution in [0.1, 0.15) is 26.2 Å². The van der Waals surface area contributed by atoms with Gasteiger partial charge in [0, 0.05) is 26.2 Å². The van der Waals surface area contributed by atoms with E-state index in [1.165, 1.54) is 32.5 Å². The molecule has 2 N–H and O–H groups in total. The van der Waals surface area contributed by atoms with E-state index in [1.807, 2.05) is 0 Å². The molecule has 0 aliphatic carbocycles. The molecule has 0 aromatic rings. The van der Waals surface area contributed by atoms with Crippen molar-refractivity contribution >= 4 is 5.96 Å². The van der Waals surface area contributed by atoms with Crippen LogP contribution in [0.15, 0.2) is 4.99 Å². The van der Waals surface area contributed by atoms with Crippen molar-refractivity contribution in [3.63, 3.8) is 0 Å². The Kier molecular flexibility index (Phi) is 4.45. The van der Waals surface area contributed by atoms with Crippen molar-refractivity contribution in [3.8, 4) is 0 Å². The summed E-state index contributed by atoms with van der Waals surface area (Å²) < 4.78 is 0. The summed E-state index contributed by atoms with van der Waals surface area (Å²) in [4.78, 5) is 6.98. The molecule has 0 amide bonds. The maximum Gasteiger partial charge on any atom is 0.191 e. The van der Waals surface area contributed by atoms with E-state index in [4.69, 9.17) is 0 Å². The fourth-order valence-electron chi connectivity index (χ4n) is 2.50. The molecule has 0 aromatic carbocycles. The standard InChI is InChI=1S/C12H24N4/c1-2-16-8-3-5-11(10-16)9-15-12-13-6-4-7-14-12/h11H,2-10H2,1H3,(H2,13,14,15). The summed E-state index contributed by atoms with van der Waals surface area (Å²) in [6.07, 6.45) is 3.87. The minimum absolute atomic E-state index is 0.792. The topological polar surface area (TPSA) is 39.7 Å². The average Bonchev–Trinajstić information content (AvgIpc) is 2.38. The highest BCUT2D eigenvalue weighted by Gasteiger charge is 2.18. The summed E-state index contributed by atoms with van der Waals surface area (Å²) >= 11 is 0. The van der Waals surface area contributed by atoms with Gasteiger partial charge in [-0.25, -0.2) is 0 Å². The highest BCUT2D eigenvalue weighted by atomic mass is 15.2. The van der Waals surface area contributed by atoms with Gasteiger partial charge in [0.25, 0.3) is 0 Å². The number of hydrogen-bond donors (Lipinski definition) is 2. The third-order valence-corrected chi connectivity index (χ3v) is 3.51. The lowest BCUT2D eigenvalue weighted by Crippen LogP contribution is -2.45. The molecule has 2 heterocycles. The molecular weight excluding hydrogens is 200 g/mol. The molecule has 1 unspecified atom stereocenters. The van der Waals surface area contributed by atoms with Gasteiger partial charge in [0.2, 0.25) is 0 Å². The van der Waals surface area contributed by atoms with Gasteiger partial charge in [-0.3, -0.25) is 4.99 Å². The van der Waals surface area contributed by atoms with E-state index in [2.05, 4.69) is 27.4 Å². The Morgan fingerprint density at radius 1 is 1.50 bits per heavy atom. The molecular formula is C12H24N4. The molecule has 4 nitrogen and oxygen atoms in total. The van der Waals surface area contributed by atoms with E-state index in [-0.39, 0.29) is 0 Å². The highest BCUT2D eigenvalue weighted by molar-refractivity contribution is 5.80. The first kappa shape index (κ1) is 11.7. The summed E-state index contributed by atoms with van der Waals surface area (Å²) in [7, 11) is 0. The Labute approximate surface area is 98.5 Å². The Hall–Kier alpha value is -0.770. The van der Waals surface area contributed by atoms with E-state index >= 15 is 0 Å². The van der Waals surface area contributed by atoms with Crippen LogP contribution < -0.4 is 10.6 Å². The fourth-order valence-corrected chi connectivity index (χ4v) is 2.50. The van der Waals surface area contributed by atoms with Crippen molar-refractivity contribution in [2.75, 3.05) is 39.3 Å². The normalized spacial score (nSPS) is 27.1. The van der Waals surface area contributed by atoms with Crippen LogP contribution in [-0.2, 0) is 0 Å².